The molecule has 1 amide bonds. The number of nitro benzene ring substituents is 1. The maximum atomic E-state index is 12.2. The van der Waals surface area contributed by atoms with E-state index in [1.165, 1.54) is 50.4 Å². The highest BCUT2D eigenvalue weighted by Gasteiger charge is 2.22. The topological polar surface area (TPSA) is 128 Å². The smallest absolute Gasteiger partial charge is 0.342 e. The zero-order valence-corrected chi connectivity index (χ0v) is 14.0. The summed E-state index contributed by atoms with van der Waals surface area (Å²) in [6, 6.07) is 9.45. The highest BCUT2D eigenvalue weighted by Crippen LogP contribution is 2.29. The number of carbonyl (C=O) groups excluding carboxylic acids is 2. The lowest BCUT2D eigenvalue weighted by molar-refractivity contribution is -0.384. The summed E-state index contributed by atoms with van der Waals surface area (Å²) < 4.78 is 10.1. The number of methoxy groups -OCH3 is 1. The Balaban J connectivity index is 2.12. The molecule has 0 spiro atoms. The Morgan fingerprint density at radius 3 is 2.54 bits per heavy atom. The van der Waals surface area contributed by atoms with Gasteiger partial charge in [-0.3, -0.25) is 14.9 Å². The van der Waals surface area contributed by atoms with Crippen LogP contribution in [0.5, 0.6) is 11.5 Å². The van der Waals surface area contributed by atoms with Gasteiger partial charge < -0.3 is 19.9 Å². The second-order valence-electron chi connectivity index (χ2n) is 5.20. The van der Waals surface area contributed by atoms with Gasteiger partial charge in [0.05, 0.1) is 17.7 Å². The van der Waals surface area contributed by atoms with Crippen molar-refractivity contribution < 1.29 is 29.1 Å². The molecule has 0 radical (unpaired) electrons. The summed E-state index contributed by atoms with van der Waals surface area (Å²) in [6.07, 6.45) is -1.22. The van der Waals surface area contributed by atoms with E-state index in [0.717, 1.165) is 6.07 Å². The molecule has 1 unspecified atom stereocenters. The number of benzene rings is 2. The summed E-state index contributed by atoms with van der Waals surface area (Å²) in [5, 5.41) is 22.9. The second-order valence-corrected chi connectivity index (χ2v) is 5.20. The van der Waals surface area contributed by atoms with Crippen LogP contribution in [0.15, 0.2) is 42.5 Å². The Kier molecular flexibility index (Phi) is 5.74. The number of para-hydroxylation sites is 1. The summed E-state index contributed by atoms with van der Waals surface area (Å²) in [4.78, 5) is 34.5. The minimum absolute atomic E-state index is 0.0668. The number of non-ortho nitro benzene ring substituents is 1. The molecule has 26 heavy (non-hydrogen) atoms. The number of ether oxygens (including phenoxy) is 2. The fourth-order valence-corrected chi connectivity index (χ4v) is 2.07. The van der Waals surface area contributed by atoms with Crippen molar-refractivity contribution in [3.63, 3.8) is 0 Å². The SMILES string of the molecule is COc1ccc([N+](=O)[O-])cc1NC(=O)C(C)OC(=O)c1ccccc1O. The molecule has 0 bridgehead atoms. The average molecular weight is 360 g/mol. The van der Waals surface area contributed by atoms with Crippen molar-refractivity contribution in [2.24, 2.45) is 0 Å². The summed E-state index contributed by atoms with van der Waals surface area (Å²) in [5.41, 5.74) is -0.253. The number of nitro groups is 1. The van der Waals surface area contributed by atoms with Crippen LogP contribution in [-0.4, -0.2) is 35.1 Å². The molecule has 0 heterocycles. The van der Waals surface area contributed by atoms with Crippen LogP contribution in [0.1, 0.15) is 17.3 Å². The lowest BCUT2D eigenvalue weighted by Gasteiger charge is -2.15. The number of nitrogens with zero attached hydrogens (tertiary/aromatic N) is 1. The largest absolute Gasteiger partial charge is 0.507 e. The summed E-state index contributed by atoms with van der Waals surface area (Å²) >= 11 is 0. The second kappa shape index (κ2) is 7.97. The van der Waals surface area contributed by atoms with Gasteiger partial charge in [-0.2, -0.15) is 0 Å². The van der Waals surface area contributed by atoms with Crippen LogP contribution in [0.3, 0.4) is 0 Å². The van der Waals surface area contributed by atoms with Crippen molar-refractivity contribution in [1.29, 1.82) is 0 Å². The van der Waals surface area contributed by atoms with Gasteiger partial charge in [0.15, 0.2) is 6.10 Å². The third-order valence-electron chi connectivity index (χ3n) is 3.43. The summed E-state index contributed by atoms with van der Waals surface area (Å²) in [7, 11) is 1.35. The third-order valence-corrected chi connectivity index (χ3v) is 3.43. The van der Waals surface area contributed by atoms with Crippen LogP contribution < -0.4 is 10.1 Å². The number of hydrogen-bond donors (Lipinski definition) is 2. The first kappa shape index (κ1) is 18.7. The van der Waals surface area contributed by atoms with E-state index >= 15 is 0 Å². The van der Waals surface area contributed by atoms with E-state index in [2.05, 4.69) is 5.32 Å². The first-order chi connectivity index (χ1) is 12.3. The van der Waals surface area contributed by atoms with Gasteiger partial charge in [0.1, 0.15) is 17.1 Å². The molecule has 0 aliphatic carbocycles. The van der Waals surface area contributed by atoms with E-state index in [1.54, 1.807) is 0 Å². The lowest BCUT2D eigenvalue weighted by atomic mass is 10.2. The van der Waals surface area contributed by atoms with E-state index in [9.17, 15) is 24.8 Å². The van der Waals surface area contributed by atoms with Gasteiger partial charge in [0.25, 0.3) is 11.6 Å². The van der Waals surface area contributed by atoms with Crippen molar-refractivity contribution in [2.45, 2.75) is 13.0 Å². The molecule has 0 saturated carbocycles. The maximum absolute atomic E-state index is 12.2. The van der Waals surface area contributed by atoms with Gasteiger partial charge in [-0.25, -0.2) is 4.79 Å². The van der Waals surface area contributed by atoms with Crippen LogP contribution in [0.25, 0.3) is 0 Å². The summed E-state index contributed by atoms with van der Waals surface area (Å²) in [6.45, 7) is 1.33. The van der Waals surface area contributed by atoms with Gasteiger partial charge in [0.2, 0.25) is 0 Å². The van der Waals surface area contributed by atoms with Crippen LogP contribution >= 0.6 is 0 Å². The Labute approximate surface area is 148 Å². The molecular formula is C17H16N2O7. The van der Waals surface area contributed by atoms with Gasteiger partial charge in [-0.15, -0.1) is 0 Å². The number of aromatic hydroxyl groups is 1. The average Bonchev–Trinajstić information content (AvgIpc) is 2.61. The fourth-order valence-electron chi connectivity index (χ4n) is 2.07. The first-order valence-electron chi connectivity index (χ1n) is 7.45. The van der Waals surface area contributed by atoms with Crippen molar-refractivity contribution in [3.8, 4) is 11.5 Å². The van der Waals surface area contributed by atoms with E-state index in [-0.39, 0.29) is 28.4 Å². The first-order valence-corrected chi connectivity index (χ1v) is 7.45. The molecule has 0 saturated heterocycles. The quantitative estimate of drug-likeness (QED) is 0.460. The Hall–Kier alpha value is -3.62. The normalized spacial score (nSPS) is 11.3. The van der Waals surface area contributed by atoms with E-state index in [4.69, 9.17) is 9.47 Å². The molecule has 0 aliphatic heterocycles. The van der Waals surface area contributed by atoms with Gasteiger partial charge >= 0.3 is 5.97 Å². The molecular weight excluding hydrogens is 344 g/mol. The number of esters is 1. The lowest BCUT2D eigenvalue weighted by Crippen LogP contribution is -2.30. The Morgan fingerprint density at radius 2 is 1.92 bits per heavy atom. The molecule has 0 aliphatic rings. The van der Waals surface area contributed by atoms with Crippen molar-refractivity contribution in [2.75, 3.05) is 12.4 Å². The van der Waals surface area contributed by atoms with Gasteiger partial charge in [-0.1, -0.05) is 12.1 Å². The molecule has 9 heteroatoms. The monoisotopic (exact) mass is 360 g/mol. The molecule has 2 aromatic carbocycles. The minimum Gasteiger partial charge on any atom is -0.507 e. The number of rotatable bonds is 6. The van der Waals surface area contributed by atoms with Crippen LogP contribution in [0.2, 0.25) is 0 Å². The highest BCUT2D eigenvalue weighted by atomic mass is 16.6. The van der Waals surface area contributed by atoms with Crippen LogP contribution in [-0.2, 0) is 9.53 Å². The number of hydrogen-bond acceptors (Lipinski definition) is 7. The predicted octanol–water partition coefficient (Wildman–Crippen LogP) is 2.49. The van der Waals surface area contributed by atoms with Gasteiger partial charge in [0, 0.05) is 12.1 Å². The minimum atomic E-state index is -1.22. The number of anilines is 1. The summed E-state index contributed by atoms with van der Waals surface area (Å²) in [5.74, 6) is -1.65. The predicted molar refractivity (Wildman–Crippen MR) is 91.3 cm³/mol. The number of phenols is 1. The van der Waals surface area contributed by atoms with Crippen molar-refractivity contribution >= 4 is 23.3 Å². The Morgan fingerprint density at radius 1 is 1.23 bits per heavy atom. The number of nitrogens with one attached hydrogen (secondary N) is 1. The molecule has 2 aromatic rings. The van der Waals surface area contributed by atoms with Crippen molar-refractivity contribution in [1.82, 2.24) is 0 Å². The molecule has 2 N–H and O–H groups in total. The molecule has 0 fully saturated rings. The van der Waals surface area contributed by atoms with E-state index < -0.39 is 22.9 Å². The molecule has 1 atom stereocenters. The Bertz CT molecular complexity index is 851. The maximum Gasteiger partial charge on any atom is 0.342 e. The zero-order valence-electron chi connectivity index (χ0n) is 14.0. The molecule has 9 nitrogen and oxygen atoms in total. The number of amides is 1. The zero-order chi connectivity index (χ0) is 19.3. The molecule has 136 valence electrons. The highest BCUT2D eigenvalue weighted by molar-refractivity contribution is 5.99. The molecule has 2 rings (SSSR count). The standard InChI is InChI=1S/C17H16N2O7/c1-10(26-17(22)12-5-3-4-6-14(12)20)16(21)18-13-9-11(19(23)24)7-8-15(13)25-2/h3-10,20H,1-2H3,(H,18,21). The number of carbonyl (C=O) groups is 2. The van der Waals surface area contributed by atoms with E-state index in [0.29, 0.717) is 0 Å². The molecule has 0 aromatic heterocycles. The third kappa shape index (κ3) is 4.26. The van der Waals surface area contributed by atoms with Gasteiger partial charge in [-0.05, 0) is 25.1 Å². The van der Waals surface area contributed by atoms with E-state index in [1.807, 2.05) is 0 Å². The van der Waals surface area contributed by atoms with Crippen LogP contribution in [0.4, 0.5) is 11.4 Å². The fraction of sp³-hybridized carbons (Fsp3) is 0.176. The van der Waals surface area contributed by atoms with Crippen LogP contribution in [0, 0.1) is 10.1 Å². The van der Waals surface area contributed by atoms with Crippen molar-refractivity contribution in [3.05, 3.63) is 58.1 Å². The number of phenolic OH excluding ortho intramolecular Hbond substituents is 1.